The van der Waals surface area contributed by atoms with Crippen molar-refractivity contribution >= 4 is 0 Å². The largest absolute Gasteiger partial charge is 0.374 e. The van der Waals surface area contributed by atoms with Gasteiger partial charge in [0.25, 0.3) is 0 Å². The molecule has 6 heteroatoms. The average molecular weight is 405 g/mol. The molecule has 1 aromatic heterocycles. The van der Waals surface area contributed by atoms with Gasteiger partial charge < -0.3 is 14.8 Å². The molecule has 164 valence electrons. The van der Waals surface area contributed by atoms with Gasteiger partial charge in [-0.15, -0.1) is 0 Å². The fraction of sp³-hybridized carbons (Fsp3) is 0.870. The number of ether oxygens (including phenoxy) is 2. The van der Waals surface area contributed by atoms with Crippen LogP contribution in [-0.4, -0.2) is 60.7 Å². The fourth-order valence-electron chi connectivity index (χ4n) is 5.33. The lowest BCUT2D eigenvalue weighted by atomic mass is 9.70. The number of hydrogen-bond acceptors (Lipinski definition) is 5. The Balaban J connectivity index is 1.48. The summed E-state index contributed by atoms with van der Waals surface area (Å²) in [6.45, 7) is 10.9. The number of fused-ring (bicyclic) bond motifs is 1. The molecular formula is C23H40N4O2. The van der Waals surface area contributed by atoms with Crippen LogP contribution in [-0.2, 0) is 29.2 Å². The van der Waals surface area contributed by atoms with E-state index in [-0.39, 0.29) is 5.60 Å². The zero-order valence-electron chi connectivity index (χ0n) is 18.9. The van der Waals surface area contributed by atoms with Crippen molar-refractivity contribution in [3.63, 3.8) is 0 Å². The second-order valence-electron chi connectivity index (χ2n) is 10.3. The quantitative estimate of drug-likeness (QED) is 0.788. The third kappa shape index (κ3) is 4.71. The van der Waals surface area contributed by atoms with Gasteiger partial charge in [0.15, 0.2) is 0 Å². The number of likely N-dealkylation sites (N-methyl/N-ethyl adjacent to an activating group) is 2. The van der Waals surface area contributed by atoms with E-state index in [0.717, 1.165) is 46.0 Å². The zero-order valence-corrected chi connectivity index (χ0v) is 18.9. The number of aromatic nitrogens is 2. The smallest absolute Gasteiger partial charge is 0.0888 e. The minimum absolute atomic E-state index is 0.138. The second kappa shape index (κ2) is 8.66. The van der Waals surface area contributed by atoms with Gasteiger partial charge in [0, 0.05) is 25.2 Å². The van der Waals surface area contributed by atoms with Gasteiger partial charge in [-0.3, -0.25) is 9.58 Å². The molecule has 0 aromatic carbocycles. The van der Waals surface area contributed by atoms with E-state index in [1.165, 1.54) is 55.5 Å². The molecule has 0 amide bonds. The molecular weight excluding hydrogens is 364 g/mol. The van der Waals surface area contributed by atoms with Crippen LogP contribution in [0.5, 0.6) is 0 Å². The van der Waals surface area contributed by atoms with Crippen LogP contribution < -0.4 is 5.32 Å². The number of nitrogens with zero attached hydrogens (tertiary/aromatic N) is 3. The zero-order chi connectivity index (χ0) is 20.5. The van der Waals surface area contributed by atoms with Crippen molar-refractivity contribution in [3.05, 3.63) is 17.0 Å². The molecule has 1 spiro atoms. The molecule has 3 heterocycles. The molecule has 2 fully saturated rings. The minimum atomic E-state index is 0.138. The van der Waals surface area contributed by atoms with Crippen LogP contribution in [0.4, 0.5) is 0 Å². The highest BCUT2D eigenvalue weighted by molar-refractivity contribution is 5.32. The monoisotopic (exact) mass is 404 g/mol. The van der Waals surface area contributed by atoms with Crippen LogP contribution >= 0.6 is 0 Å². The van der Waals surface area contributed by atoms with Crippen molar-refractivity contribution in [1.29, 1.82) is 0 Å². The molecule has 3 aliphatic rings. The maximum Gasteiger partial charge on any atom is 0.0888 e. The van der Waals surface area contributed by atoms with Crippen molar-refractivity contribution in [3.8, 4) is 0 Å². The molecule has 0 atom stereocenters. The Kier molecular flexibility index (Phi) is 6.35. The standard InChI is InChI=1S/C23H40N4O2/c1-22(2)9-10-23(29-17-22)7-5-18(6-8-23)21-19(15-26(4)12-11-24-3)25-27-13-14-28-16-20(21)27/h18,24H,5-17H2,1-4H3. The molecule has 1 aliphatic carbocycles. The Morgan fingerprint density at radius 3 is 2.69 bits per heavy atom. The van der Waals surface area contributed by atoms with Gasteiger partial charge in [-0.2, -0.15) is 5.10 Å². The van der Waals surface area contributed by atoms with Gasteiger partial charge in [0.05, 0.1) is 43.4 Å². The first kappa shape index (κ1) is 21.3. The van der Waals surface area contributed by atoms with Crippen molar-refractivity contribution in [2.45, 2.75) is 83.6 Å². The van der Waals surface area contributed by atoms with Crippen molar-refractivity contribution < 1.29 is 9.47 Å². The lowest BCUT2D eigenvalue weighted by Crippen LogP contribution is -2.44. The van der Waals surface area contributed by atoms with Crippen LogP contribution in [0, 0.1) is 5.41 Å². The summed E-state index contributed by atoms with van der Waals surface area (Å²) in [7, 11) is 4.21. The van der Waals surface area contributed by atoms with Crippen LogP contribution in [0.3, 0.4) is 0 Å². The van der Waals surface area contributed by atoms with Crippen LogP contribution in [0.15, 0.2) is 0 Å². The first-order chi connectivity index (χ1) is 13.9. The van der Waals surface area contributed by atoms with Crippen molar-refractivity contribution in [2.24, 2.45) is 5.41 Å². The van der Waals surface area contributed by atoms with Crippen LogP contribution in [0.2, 0.25) is 0 Å². The number of nitrogens with one attached hydrogen (secondary N) is 1. The maximum absolute atomic E-state index is 6.48. The van der Waals surface area contributed by atoms with Crippen LogP contribution in [0.1, 0.15) is 75.2 Å². The molecule has 0 unspecified atom stereocenters. The molecule has 1 aromatic rings. The third-order valence-corrected chi connectivity index (χ3v) is 7.36. The predicted molar refractivity (Wildman–Crippen MR) is 115 cm³/mol. The molecule has 6 nitrogen and oxygen atoms in total. The molecule has 1 saturated heterocycles. The summed E-state index contributed by atoms with van der Waals surface area (Å²) in [5.41, 5.74) is 4.58. The van der Waals surface area contributed by atoms with Gasteiger partial charge in [0.1, 0.15) is 0 Å². The van der Waals surface area contributed by atoms with E-state index >= 15 is 0 Å². The fourth-order valence-corrected chi connectivity index (χ4v) is 5.33. The highest BCUT2D eigenvalue weighted by Crippen LogP contribution is 2.48. The van der Waals surface area contributed by atoms with Gasteiger partial charge in [-0.1, -0.05) is 13.8 Å². The van der Waals surface area contributed by atoms with Gasteiger partial charge in [-0.25, -0.2) is 0 Å². The molecule has 1 saturated carbocycles. The minimum Gasteiger partial charge on any atom is -0.374 e. The Bertz CT molecular complexity index is 679. The maximum atomic E-state index is 6.48. The van der Waals surface area contributed by atoms with E-state index in [9.17, 15) is 0 Å². The topological polar surface area (TPSA) is 51.6 Å². The highest BCUT2D eigenvalue weighted by Gasteiger charge is 2.43. The molecule has 0 bridgehead atoms. The van der Waals surface area contributed by atoms with E-state index in [4.69, 9.17) is 14.6 Å². The third-order valence-electron chi connectivity index (χ3n) is 7.36. The van der Waals surface area contributed by atoms with E-state index in [2.05, 4.69) is 35.8 Å². The number of rotatable bonds is 6. The molecule has 0 radical (unpaired) electrons. The summed E-state index contributed by atoms with van der Waals surface area (Å²) in [6.07, 6.45) is 7.32. The van der Waals surface area contributed by atoms with Gasteiger partial charge >= 0.3 is 0 Å². The first-order valence-corrected chi connectivity index (χ1v) is 11.5. The van der Waals surface area contributed by atoms with E-state index < -0.39 is 0 Å². The predicted octanol–water partition coefficient (Wildman–Crippen LogP) is 3.30. The van der Waals surface area contributed by atoms with E-state index in [0.29, 0.717) is 11.3 Å². The first-order valence-electron chi connectivity index (χ1n) is 11.5. The molecule has 2 aliphatic heterocycles. The highest BCUT2D eigenvalue weighted by atomic mass is 16.5. The summed E-state index contributed by atoms with van der Waals surface area (Å²) in [6, 6.07) is 0. The normalized spacial score (nSPS) is 29.3. The summed E-state index contributed by atoms with van der Waals surface area (Å²) >= 11 is 0. The van der Waals surface area contributed by atoms with Gasteiger partial charge in [0.2, 0.25) is 0 Å². The SMILES string of the molecule is CNCCN(C)Cc1nn2c(c1C1CCC3(CC1)CCC(C)(C)CO3)COCC2. The summed E-state index contributed by atoms with van der Waals surface area (Å²) in [5, 5.41) is 8.29. The molecule has 29 heavy (non-hydrogen) atoms. The summed E-state index contributed by atoms with van der Waals surface area (Å²) in [5.74, 6) is 0.595. The Hall–Kier alpha value is -0.950. The lowest BCUT2D eigenvalue weighted by molar-refractivity contribution is -0.142. The molecule has 4 rings (SSSR count). The van der Waals surface area contributed by atoms with E-state index in [1.807, 2.05) is 7.05 Å². The Labute approximate surface area is 176 Å². The summed E-state index contributed by atoms with van der Waals surface area (Å²) in [4.78, 5) is 2.38. The average Bonchev–Trinajstić information content (AvgIpc) is 3.07. The number of hydrogen-bond donors (Lipinski definition) is 1. The summed E-state index contributed by atoms with van der Waals surface area (Å²) < 4.78 is 14.5. The van der Waals surface area contributed by atoms with Crippen molar-refractivity contribution in [1.82, 2.24) is 20.0 Å². The second-order valence-corrected chi connectivity index (χ2v) is 10.3. The van der Waals surface area contributed by atoms with E-state index in [1.54, 1.807) is 0 Å². The van der Waals surface area contributed by atoms with Crippen LogP contribution in [0.25, 0.3) is 0 Å². The Morgan fingerprint density at radius 1 is 1.21 bits per heavy atom. The Morgan fingerprint density at radius 2 is 2.00 bits per heavy atom. The van der Waals surface area contributed by atoms with Gasteiger partial charge in [-0.05, 0) is 64.0 Å². The van der Waals surface area contributed by atoms with Crippen molar-refractivity contribution in [2.75, 3.05) is 40.4 Å². The molecule has 1 N–H and O–H groups in total. The lowest BCUT2D eigenvalue weighted by Gasteiger charge is -2.47.